The Morgan fingerprint density at radius 2 is 1.52 bits per heavy atom. The lowest BCUT2D eigenvalue weighted by Crippen LogP contribution is -2.70. The van der Waals surface area contributed by atoms with E-state index in [0.717, 1.165) is 78.3 Å². The van der Waals surface area contributed by atoms with E-state index in [0.29, 0.717) is 56.9 Å². The number of ether oxygens (including phenoxy) is 4. The smallest absolute Gasteiger partial charge is 0.410 e. The van der Waals surface area contributed by atoms with Gasteiger partial charge in [-0.15, -0.1) is 6.58 Å². The molecule has 6 unspecified atom stereocenters. The second-order valence-electron chi connectivity index (χ2n) is 18.3. The van der Waals surface area contributed by atoms with Crippen LogP contribution in [0.2, 0.25) is 0 Å². The van der Waals surface area contributed by atoms with E-state index >= 15 is 0 Å². The van der Waals surface area contributed by atoms with Crippen LogP contribution in [0.1, 0.15) is 148 Å². The van der Waals surface area contributed by atoms with E-state index in [1.165, 1.54) is 44.9 Å². The van der Waals surface area contributed by atoms with Crippen LogP contribution in [-0.4, -0.2) is 78.3 Å². The van der Waals surface area contributed by atoms with Gasteiger partial charge >= 0.3 is 6.09 Å². The molecule has 65 heavy (non-hydrogen) atoms. The highest BCUT2D eigenvalue weighted by molar-refractivity contribution is 6.03. The number of carbonyl (C=O) groups is 1. The largest absolute Gasteiger partial charge is 0.459 e. The predicted molar refractivity (Wildman–Crippen MR) is 261 cm³/mol. The average Bonchev–Trinajstić information content (AvgIpc) is 3.32. The van der Waals surface area contributed by atoms with Gasteiger partial charge in [0.25, 0.3) is 0 Å². The SMILES string of the molecule is C=CCOC12Oc3ccc(Oc4ccc5ccccc5c4)cc3C3C(CCCCO)C(CCCCO)C=C(C(=NOCC)CC1N(CCC)C(=O)OCCCCCCCCCCCC)C32. The van der Waals surface area contributed by atoms with Crippen LogP contribution in [0, 0.1) is 17.8 Å². The number of amides is 1. The number of nitrogens with zero attached hydrogens (tertiary/aromatic N) is 2. The maximum Gasteiger partial charge on any atom is 0.410 e. The summed E-state index contributed by atoms with van der Waals surface area (Å²) in [5.41, 5.74) is 2.81. The molecular weight excluding hydrogens is 817 g/mol. The second-order valence-corrected chi connectivity index (χ2v) is 18.3. The quantitative estimate of drug-likeness (QED) is 0.0402. The number of hydrogen-bond donors (Lipinski definition) is 2. The molecule has 1 fully saturated rings. The molecule has 0 saturated heterocycles. The number of benzene rings is 3. The summed E-state index contributed by atoms with van der Waals surface area (Å²) in [5.74, 6) is 0.482. The Balaban J connectivity index is 1.40. The molecule has 3 aromatic carbocycles. The van der Waals surface area contributed by atoms with Gasteiger partial charge in [0, 0.05) is 37.7 Å². The molecule has 2 aliphatic carbocycles. The molecule has 3 aromatic rings. The highest BCUT2D eigenvalue weighted by Gasteiger charge is 2.65. The first-order valence-electron chi connectivity index (χ1n) is 25.2. The molecule has 1 saturated carbocycles. The lowest BCUT2D eigenvalue weighted by Gasteiger charge is -2.59. The molecule has 10 heteroatoms. The van der Waals surface area contributed by atoms with Crippen LogP contribution in [0.5, 0.6) is 17.2 Å². The Morgan fingerprint density at radius 3 is 2.23 bits per heavy atom. The second kappa shape index (κ2) is 26.1. The number of aliphatic hydroxyl groups is 2. The van der Waals surface area contributed by atoms with Crippen LogP contribution in [0.15, 0.2) is 90.1 Å². The number of hydrogen-bond acceptors (Lipinski definition) is 9. The summed E-state index contributed by atoms with van der Waals surface area (Å²) in [6.45, 7) is 12.0. The van der Waals surface area contributed by atoms with Crippen molar-refractivity contribution in [2.75, 3.05) is 39.6 Å². The van der Waals surface area contributed by atoms with Crippen LogP contribution in [0.4, 0.5) is 4.79 Å². The minimum absolute atomic E-state index is 0.106. The maximum absolute atomic E-state index is 14.6. The molecule has 6 atom stereocenters. The number of rotatable bonds is 29. The van der Waals surface area contributed by atoms with Gasteiger partial charge in [-0.1, -0.05) is 132 Å². The Bertz CT molecular complexity index is 2000. The Morgan fingerprint density at radius 1 is 0.831 bits per heavy atom. The highest BCUT2D eigenvalue weighted by Crippen LogP contribution is 2.62. The van der Waals surface area contributed by atoms with Crippen molar-refractivity contribution in [3.8, 4) is 17.2 Å². The summed E-state index contributed by atoms with van der Waals surface area (Å²) in [6.07, 6.45) is 21.6. The standard InChI is InChI=1S/C55H78N2O8/c1-5-9-10-11-12-13-14-15-16-23-36-61-54(60)57(32-6-2)51-40-49(56-63-8-4)47-38-43(26-19-21-33-58)46(27-20-22-34-59)52-48-39-45(64-44-29-28-41-24-17-18-25-42(41)37-44)30-31-50(48)65-55(51,53(47)52)62-35-7-3/h7,17-18,24-25,28-31,37-39,43,46,51-53,58-59H,3,5-6,8-16,19-23,26-27,32-36,40H2,1-2,4H3. The van der Waals surface area contributed by atoms with Gasteiger partial charge in [-0.25, -0.2) is 4.79 Å². The summed E-state index contributed by atoms with van der Waals surface area (Å²) >= 11 is 0. The fraction of sp³-hybridized carbons (Fsp3) is 0.600. The van der Waals surface area contributed by atoms with E-state index in [-0.39, 0.29) is 43.7 Å². The fourth-order valence-corrected chi connectivity index (χ4v) is 10.7. The normalized spacial score (nSPS) is 22.7. The molecule has 0 spiro atoms. The van der Waals surface area contributed by atoms with Crippen molar-refractivity contribution in [2.45, 2.75) is 154 Å². The molecule has 10 nitrogen and oxygen atoms in total. The highest BCUT2D eigenvalue weighted by atomic mass is 16.7. The number of fused-ring (bicyclic) bond motifs is 3. The first-order valence-corrected chi connectivity index (χ1v) is 25.2. The zero-order chi connectivity index (χ0) is 45.9. The van der Waals surface area contributed by atoms with E-state index < -0.39 is 17.7 Å². The lowest BCUT2D eigenvalue weighted by molar-refractivity contribution is -0.255. The lowest BCUT2D eigenvalue weighted by atomic mass is 9.55. The van der Waals surface area contributed by atoms with Crippen molar-refractivity contribution in [1.29, 1.82) is 0 Å². The zero-order valence-electron chi connectivity index (χ0n) is 39.7. The third kappa shape index (κ3) is 12.7. The Labute approximate surface area is 389 Å². The van der Waals surface area contributed by atoms with Gasteiger partial charge in [0.2, 0.25) is 5.79 Å². The molecule has 1 heterocycles. The maximum atomic E-state index is 14.6. The zero-order valence-corrected chi connectivity index (χ0v) is 39.7. The van der Waals surface area contributed by atoms with Crippen molar-refractivity contribution in [3.05, 3.63) is 90.5 Å². The van der Waals surface area contributed by atoms with Gasteiger partial charge in [0.1, 0.15) is 29.9 Å². The van der Waals surface area contributed by atoms with E-state index in [1.807, 2.05) is 42.2 Å². The van der Waals surface area contributed by atoms with E-state index in [9.17, 15) is 15.0 Å². The number of unbranched alkanes of at least 4 members (excludes halogenated alkanes) is 11. The van der Waals surface area contributed by atoms with Crippen LogP contribution < -0.4 is 9.47 Å². The van der Waals surface area contributed by atoms with E-state index in [1.54, 1.807) is 6.08 Å². The topological polar surface area (TPSA) is 119 Å². The first kappa shape index (κ1) is 50.0. The molecule has 0 aromatic heterocycles. The fourth-order valence-electron chi connectivity index (χ4n) is 10.7. The van der Waals surface area contributed by atoms with Crippen LogP contribution >= 0.6 is 0 Å². The summed E-state index contributed by atoms with van der Waals surface area (Å²) < 4.78 is 27.3. The van der Waals surface area contributed by atoms with Crippen LogP contribution in [0.3, 0.4) is 0 Å². The van der Waals surface area contributed by atoms with Crippen molar-refractivity contribution in [1.82, 2.24) is 4.90 Å². The number of allylic oxidation sites excluding steroid dienone is 1. The summed E-state index contributed by atoms with van der Waals surface area (Å²) in [7, 11) is 0. The van der Waals surface area contributed by atoms with E-state index in [4.69, 9.17) is 28.9 Å². The first-order chi connectivity index (χ1) is 31.9. The van der Waals surface area contributed by atoms with Crippen LogP contribution in [-0.2, 0) is 14.3 Å². The molecule has 0 bridgehead atoms. The van der Waals surface area contributed by atoms with Gasteiger partial charge in [-0.2, -0.15) is 0 Å². The molecule has 6 rings (SSSR count). The minimum Gasteiger partial charge on any atom is -0.459 e. The summed E-state index contributed by atoms with van der Waals surface area (Å²) in [4.78, 5) is 22.3. The van der Waals surface area contributed by atoms with Gasteiger partial charge in [0.15, 0.2) is 0 Å². The third-order valence-corrected chi connectivity index (χ3v) is 13.7. The summed E-state index contributed by atoms with van der Waals surface area (Å²) in [5, 5.41) is 27.0. The molecule has 1 amide bonds. The predicted octanol–water partition coefficient (Wildman–Crippen LogP) is 13.1. The van der Waals surface area contributed by atoms with Gasteiger partial charge in [-0.05, 0) is 104 Å². The number of carbonyl (C=O) groups excluding carboxylic acids is 1. The Hall–Kier alpha value is -4.38. The molecule has 0 radical (unpaired) electrons. The van der Waals surface area contributed by atoms with Gasteiger partial charge < -0.3 is 34.0 Å². The van der Waals surface area contributed by atoms with Crippen molar-refractivity contribution in [2.24, 2.45) is 22.9 Å². The Kier molecular flexibility index (Phi) is 20.1. The molecule has 2 N–H and O–H groups in total. The molecular formula is C55H78N2O8. The monoisotopic (exact) mass is 895 g/mol. The number of aliphatic hydroxyl groups excluding tert-OH is 2. The minimum atomic E-state index is -1.33. The molecule has 356 valence electrons. The number of oxime groups is 1. The van der Waals surface area contributed by atoms with Crippen molar-refractivity contribution < 1.29 is 38.8 Å². The van der Waals surface area contributed by atoms with Crippen molar-refractivity contribution >= 4 is 22.6 Å². The van der Waals surface area contributed by atoms with Crippen LogP contribution in [0.25, 0.3) is 10.8 Å². The summed E-state index contributed by atoms with van der Waals surface area (Å²) in [6, 6.07) is 19.9. The van der Waals surface area contributed by atoms with Gasteiger partial charge in [-0.3, -0.25) is 4.90 Å². The molecule has 3 aliphatic rings. The van der Waals surface area contributed by atoms with Crippen molar-refractivity contribution in [3.63, 3.8) is 0 Å². The van der Waals surface area contributed by atoms with Gasteiger partial charge in [0.05, 0.1) is 24.8 Å². The average molecular weight is 895 g/mol. The molecule has 1 aliphatic heterocycles. The van der Waals surface area contributed by atoms with E-state index in [2.05, 4.69) is 56.8 Å². The third-order valence-electron chi connectivity index (χ3n) is 13.7.